The monoisotopic (exact) mass is 485 g/mol. The van der Waals surface area contributed by atoms with E-state index in [2.05, 4.69) is 15.3 Å². The number of amidine groups is 1. The van der Waals surface area contributed by atoms with Gasteiger partial charge in [0.1, 0.15) is 5.84 Å². The number of H-pyrrole nitrogens is 1. The van der Waals surface area contributed by atoms with Crippen molar-refractivity contribution < 1.29 is 19.4 Å². The number of aromatic amines is 1. The molecule has 0 bridgehead atoms. The van der Waals surface area contributed by atoms with E-state index < -0.39 is 24.0 Å². The van der Waals surface area contributed by atoms with E-state index in [-0.39, 0.29) is 24.7 Å². The Balaban J connectivity index is 1.68. The number of anilines is 1. The zero-order valence-electron chi connectivity index (χ0n) is 18.2. The van der Waals surface area contributed by atoms with Gasteiger partial charge in [0.05, 0.1) is 23.9 Å². The first kappa shape index (κ1) is 24.8. The number of fused-ring (bicyclic) bond motifs is 1. The third-order valence-electron chi connectivity index (χ3n) is 5.01. The summed E-state index contributed by atoms with van der Waals surface area (Å²) >= 11 is 6.26. The quantitative estimate of drug-likeness (QED) is 0.257. The van der Waals surface area contributed by atoms with Crippen molar-refractivity contribution in [2.45, 2.75) is 19.1 Å². The first-order chi connectivity index (χ1) is 16.3. The van der Waals surface area contributed by atoms with Gasteiger partial charge < -0.3 is 31.3 Å². The summed E-state index contributed by atoms with van der Waals surface area (Å²) in [7, 11) is 0. The Kier molecular flexibility index (Phi) is 7.95. The molecule has 2 atom stereocenters. The van der Waals surface area contributed by atoms with Gasteiger partial charge in [-0.1, -0.05) is 11.6 Å². The molecule has 2 amide bonds. The van der Waals surface area contributed by atoms with Crippen molar-refractivity contribution in [3.8, 4) is 0 Å². The highest BCUT2D eigenvalue weighted by Crippen LogP contribution is 2.29. The number of aromatic nitrogens is 1. The van der Waals surface area contributed by atoms with Gasteiger partial charge in [0.2, 0.25) is 0 Å². The minimum atomic E-state index is -1.80. The number of hydrogen-bond acceptors (Lipinski definition) is 8. The molecular weight excluding hydrogens is 462 g/mol. The Morgan fingerprint density at radius 3 is 2.94 bits per heavy atom. The van der Waals surface area contributed by atoms with Gasteiger partial charge in [0.25, 0.3) is 11.8 Å². The summed E-state index contributed by atoms with van der Waals surface area (Å²) in [4.78, 5) is 33.6. The van der Waals surface area contributed by atoms with Crippen LogP contribution >= 0.6 is 11.6 Å². The van der Waals surface area contributed by atoms with Gasteiger partial charge in [-0.15, -0.1) is 0 Å². The van der Waals surface area contributed by atoms with Crippen LogP contribution < -0.4 is 11.1 Å². The molecule has 1 fully saturated rings. The van der Waals surface area contributed by atoms with Crippen molar-refractivity contribution >= 4 is 57.8 Å². The van der Waals surface area contributed by atoms with Crippen LogP contribution in [0.15, 0.2) is 47.7 Å². The predicted octanol–water partition coefficient (Wildman–Crippen LogP) is 1.71. The van der Waals surface area contributed by atoms with E-state index in [9.17, 15) is 14.7 Å². The summed E-state index contributed by atoms with van der Waals surface area (Å²) in [5, 5.41) is 29.7. The predicted molar refractivity (Wildman–Crippen MR) is 131 cm³/mol. The number of carbonyl (C=O) groups is 2. The molecule has 1 aromatic heterocycles. The molecule has 0 radical (unpaired) electrons. The lowest BCUT2D eigenvalue weighted by Gasteiger charge is -2.33. The number of aliphatic imine (C=N–C) groups is 1. The maximum atomic E-state index is 12.8. The highest BCUT2D eigenvalue weighted by atomic mass is 35.5. The van der Waals surface area contributed by atoms with E-state index in [1.165, 1.54) is 24.6 Å². The number of aliphatic hydroxyl groups excluding tert-OH is 1. The number of amides is 2. The van der Waals surface area contributed by atoms with Crippen molar-refractivity contribution in [3.63, 3.8) is 0 Å². The number of nitrogens with one attached hydrogen (secondary N) is 4. The molecule has 2 unspecified atom stereocenters. The molecule has 7 N–H and O–H groups in total. The number of aryl methyl sites for hydroxylation is 1. The SMILES string of the molecule is Cc1[nH]c2ccc(NC(=O)C(O)C3OCCN(C(=N)/C=C\N=C(C=N)C=CN)C3=O)cc2c1Cl. The number of aliphatic hydroxyl groups is 1. The number of nitrogens with two attached hydrogens (primary N) is 1. The maximum Gasteiger partial charge on any atom is 0.260 e. The molecule has 2 heterocycles. The molecule has 2 aromatic rings. The molecule has 178 valence electrons. The molecular formula is C22H24ClN7O4. The molecule has 1 saturated heterocycles. The number of benzene rings is 1. The van der Waals surface area contributed by atoms with Crippen LogP contribution in [0, 0.1) is 17.7 Å². The average Bonchev–Trinajstić information content (AvgIpc) is 3.11. The Morgan fingerprint density at radius 2 is 2.24 bits per heavy atom. The largest absolute Gasteiger partial charge is 0.405 e. The van der Waals surface area contributed by atoms with E-state index in [0.717, 1.165) is 22.3 Å². The summed E-state index contributed by atoms with van der Waals surface area (Å²) in [6, 6.07) is 5.03. The van der Waals surface area contributed by atoms with Crippen LogP contribution in [0.3, 0.4) is 0 Å². The summed E-state index contributed by atoms with van der Waals surface area (Å²) in [6.07, 6.45) is 2.80. The van der Waals surface area contributed by atoms with E-state index in [4.69, 9.17) is 32.9 Å². The molecule has 12 heteroatoms. The van der Waals surface area contributed by atoms with E-state index >= 15 is 0 Å². The van der Waals surface area contributed by atoms with Crippen molar-refractivity contribution in [2.24, 2.45) is 10.7 Å². The van der Waals surface area contributed by atoms with Crippen molar-refractivity contribution in [1.29, 1.82) is 10.8 Å². The second-order valence-electron chi connectivity index (χ2n) is 7.30. The van der Waals surface area contributed by atoms with Gasteiger partial charge in [-0.05, 0) is 43.5 Å². The first-order valence-corrected chi connectivity index (χ1v) is 10.6. The molecule has 11 nitrogen and oxygen atoms in total. The number of ether oxygens (including phenoxy) is 1. The van der Waals surface area contributed by atoms with E-state index in [0.29, 0.717) is 16.1 Å². The Morgan fingerprint density at radius 1 is 1.47 bits per heavy atom. The maximum absolute atomic E-state index is 12.8. The standard InChI is InChI=1S/C22H24ClN7O4/c1-12-18(23)15-10-13(2-3-16(15)28-12)29-21(32)19(31)20-22(33)30(8-9-34-20)17(26)5-7-27-14(11-25)4-6-24/h2-7,10-11,19-20,25-26,28,31H,8-9,24H2,1H3,(H,29,32)/b6-4?,7-5-,25-11?,26-17?,27-14?. The summed E-state index contributed by atoms with van der Waals surface area (Å²) in [6.45, 7) is 1.91. The van der Waals surface area contributed by atoms with Crippen molar-refractivity contribution in [3.05, 3.63) is 53.5 Å². The second-order valence-corrected chi connectivity index (χ2v) is 7.68. The minimum absolute atomic E-state index is 0.0199. The molecule has 1 aliphatic rings. The van der Waals surface area contributed by atoms with Gasteiger partial charge >= 0.3 is 0 Å². The van der Waals surface area contributed by atoms with Crippen LogP contribution in [0.5, 0.6) is 0 Å². The molecule has 1 aliphatic heterocycles. The molecule has 34 heavy (non-hydrogen) atoms. The van der Waals surface area contributed by atoms with E-state index in [1.807, 2.05) is 6.92 Å². The fourth-order valence-electron chi connectivity index (χ4n) is 3.31. The fraction of sp³-hybridized carbons (Fsp3) is 0.227. The average molecular weight is 486 g/mol. The van der Waals surface area contributed by atoms with Crippen LogP contribution in [0.2, 0.25) is 5.02 Å². The third-order valence-corrected chi connectivity index (χ3v) is 5.50. The number of hydrogen-bond donors (Lipinski definition) is 6. The Bertz CT molecular complexity index is 1220. The molecule has 3 rings (SSSR count). The smallest absolute Gasteiger partial charge is 0.260 e. The van der Waals surface area contributed by atoms with Gasteiger partial charge in [-0.25, -0.2) is 0 Å². The normalized spacial score (nSPS) is 18.1. The van der Waals surface area contributed by atoms with Crippen LogP contribution in [-0.4, -0.2) is 69.9 Å². The lowest BCUT2D eigenvalue weighted by atomic mass is 10.1. The topological polar surface area (TPSA) is 181 Å². The van der Waals surface area contributed by atoms with Crippen molar-refractivity contribution in [1.82, 2.24) is 9.88 Å². The highest BCUT2D eigenvalue weighted by molar-refractivity contribution is 6.36. The zero-order valence-corrected chi connectivity index (χ0v) is 19.0. The fourth-order valence-corrected chi connectivity index (χ4v) is 3.51. The lowest BCUT2D eigenvalue weighted by Crippen LogP contribution is -2.56. The molecule has 0 aliphatic carbocycles. The third kappa shape index (κ3) is 5.39. The molecule has 0 spiro atoms. The second kappa shape index (κ2) is 10.9. The van der Waals surface area contributed by atoms with Gasteiger partial charge in [0.15, 0.2) is 12.2 Å². The summed E-state index contributed by atoms with van der Waals surface area (Å²) in [5.41, 5.74) is 7.48. The first-order valence-electron chi connectivity index (χ1n) is 10.2. The van der Waals surface area contributed by atoms with Crippen LogP contribution in [0.25, 0.3) is 10.9 Å². The molecule has 0 saturated carbocycles. The number of morpholine rings is 1. The van der Waals surface area contributed by atoms with Gasteiger partial charge in [-0.3, -0.25) is 24.9 Å². The zero-order chi connectivity index (χ0) is 24.8. The summed E-state index contributed by atoms with van der Waals surface area (Å²) < 4.78 is 5.35. The number of halogens is 1. The Hall–Kier alpha value is -3.80. The highest BCUT2D eigenvalue weighted by Gasteiger charge is 2.39. The Labute approximate surface area is 199 Å². The number of allylic oxidation sites excluding steroid dienone is 1. The minimum Gasteiger partial charge on any atom is -0.405 e. The van der Waals surface area contributed by atoms with Crippen molar-refractivity contribution in [2.75, 3.05) is 18.5 Å². The van der Waals surface area contributed by atoms with Crippen LogP contribution in [-0.2, 0) is 14.3 Å². The van der Waals surface area contributed by atoms with Gasteiger partial charge in [-0.2, -0.15) is 0 Å². The number of rotatable bonds is 7. The van der Waals surface area contributed by atoms with Crippen LogP contribution in [0.1, 0.15) is 5.69 Å². The number of carbonyl (C=O) groups excluding carboxylic acids is 2. The summed E-state index contributed by atoms with van der Waals surface area (Å²) in [5.74, 6) is -1.78. The van der Waals surface area contributed by atoms with Crippen LogP contribution in [0.4, 0.5) is 5.69 Å². The van der Waals surface area contributed by atoms with Gasteiger partial charge in [0, 0.05) is 34.7 Å². The number of nitrogens with zero attached hydrogens (tertiary/aromatic N) is 2. The molecule has 1 aromatic carbocycles. The lowest BCUT2D eigenvalue weighted by molar-refractivity contribution is -0.161. The van der Waals surface area contributed by atoms with E-state index in [1.54, 1.807) is 18.2 Å².